The van der Waals surface area contributed by atoms with Gasteiger partial charge in [-0.1, -0.05) is 26.0 Å². The summed E-state index contributed by atoms with van der Waals surface area (Å²) in [7, 11) is 3.11. The molecule has 0 saturated carbocycles. The lowest BCUT2D eigenvalue weighted by Crippen LogP contribution is -2.24. The van der Waals surface area contributed by atoms with E-state index in [0.29, 0.717) is 22.9 Å². The van der Waals surface area contributed by atoms with Crippen LogP contribution in [0.25, 0.3) is 11.4 Å². The Bertz CT molecular complexity index is 1590. The molecule has 0 unspecified atom stereocenters. The summed E-state index contributed by atoms with van der Waals surface area (Å²) in [6, 6.07) is 14.8. The molecule has 2 N–H and O–H groups in total. The Labute approximate surface area is 237 Å². The number of nitrogens with one attached hydrogen (secondary N) is 2. The topological polar surface area (TPSA) is 88.6 Å². The molecule has 0 radical (unpaired) electrons. The molecule has 1 amide bonds. The average Bonchev–Trinajstić information content (AvgIpc) is 3.58. The number of carbonyl (C=O) groups excluding carboxylic acids is 1. The van der Waals surface area contributed by atoms with Gasteiger partial charge in [0.05, 0.1) is 38.6 Å². The maximum atomic E-state index is 14.7. The second-order valence-electron chi connectivity index (χ2n) is 9.33. The number of amides is 1. The predicted octanol–water partition coefficient (Wildman–Crippen LogP) is 6.33. The summed E-state index contributed by atoms with van der Waals surface area (Å²) in [5, 5.41) is 6.54. The average molecular weight is 560 g/mol. The van der Waals surface area contributed by atoms with Crippen molar-refractivity contribution in [3.8, 4) is 22.9 Å². The number of benzene rings is 3. The number of hydrogen-bond donors (Lipinski definition) is 2. The highest BCUT2D eigenvalue weighted by atomic mass is 19.1. The summed E-state index contributed by atoms with van der Waals surface area (Å²) in [4.78, 5) is 24.2. The molecule has 0 saturated heterocycles. The zero-order valence-corrected chi connectivity index (χ0v) is 23.3. The van der Waals surface area contributed by atoms with E-state index in [0.717, 1.165) is 36.3 Å². The number of ether oxygens (including phenoxy) is 2. The number of rotatable bonds is 7. The van der Waals surface area contributed by atoms with Gasteiger partial charge in [-0.15, -0.1) is 0 Å². The van der Waals surface area contributed by atoms with Gasteiger partial charge < -0.3 is 25.0 Å². The van der Waals surface area contributed by atoms with Crippen LogP contribution in [-0.4, -0.2) is 41.5 Å². The third-order valence-electron chi connectivity index (χ3n) is 6.95. The number of anilines is 3. The van der Waals surface area contributed by atoms with E-state index in [-0.39, 0.29) is 41.8 Å². The molecular formula is C31H31F2N5O3. The van der Waals surface area contributed by atoms with E-state index in [1.165, 1.54) is 11.6 Å². The number of methoxy groups -OCH3 is 2. The Balaban J connectivity index is 0.00000165. The van der Waals surface area contributed by atoms with Crippen LogP contribution in [0.15, 0.2) is 54.6 Å². The SMILES string of the molecule is CC.COc1ccc(CN2Cc3nc(-c4c(F)cccc4F)nc(Nc4ccc5c(c4)NCC5)c3C2=O)c(OC)c1. The quantitative estimate of drug-likeness (QED) is 0.273. The van der Waals surface area contributed by atoms with Crippen LogP contribution in [0.5, 0.6) is 11.5 Å². The minimum atomic E-state index is -0.785. The van der Waals surface area contributed by atoms with Gasteiger partial charge in [-0.05, 0) is 48.4 Å². The lowest BCUT2D eigenvalue weighted by atomic mass is 10.1. The summed E-state index contributed by atoms with van der Waals surface area (Å²) in [5.41, 5.74) is 3.93. The van der Waals surface area contributed by atoms with Crippen molar-refractivity contribution in [2.45, 2.75) is 33.4 Å². The van der Waals surface area contributed by atoms with Crippen molar-refractivity contribution in [1.82, 2.24) is 14.9 Å². The molecule has 0 fully saturated rings. The first-order chi connectivity index (χ1) is 19.9. The Morgan fingerprint density at radius 2 is 1.76 bits per heavy atom. The fourth-order valence-electron chi connectivity index (χ4n) is 4.99. The summed E-state index contributed by atoms with van der Waals surface area (Å²) in [5.74, 6) is -0.622. The van der Waals surface area contributed by atoms with Crippen LogP contribution in [0.4, 0.5) is 26.0 Å². The van der Waals surface area contributed by atoms with Crippen molar-refractivity contribution in [3.05, 3.63) is 88.6 Å². The lowest BCUT2D eigenvalue weighted by Gasteiger charge is -2.18. The number of carbonyl (C=O) groups is 1. The van der Waals surface area contributed by atoms with Gasteiger partial charge in [-0.25, -0.2) is 18.7 Å². The Kier molecular flexibility index (Phi) is 8.00. The normalized spacial score (nSPS) is 13.1. The molecule has 0 spiro atoms. The first-order valence-corrected chi connectivity index (χ1v) is 13.4. The van der Waals surface area contributed by atoms with Gasteiger partial charge in [-0.2, -0.15) is 0 Å². The van der Waals surface area contributed by atoms with Crippen LogP contribution in [0.3, 0.4) is 0 Å². The molecule has 6 rings (SSSR count). The van der Waals surface area contributed by atoms with Crippen LogP contribution in [0.2, 0.25) is 0 Å². The largest absolute Gasteiger partial charge is 0.497 e. The van der Waals surface area contributed by atoms with Crippen molar-refractivity contribution >= 4 is 23.1 Å². The molecule has 0 bridgehead atoms. The molecule has 2 aliphatic heterocycles. The van der Waals surface area contributed by atoms with E-state index in [4.69, 9.17) is 9.47 Å². The zero-order valence-electron chi connectivity index (χ0n) is 23.3. The highest BCUT2D eigenvalue weighted by Gasteiger charge is 2.34. The van der Waals surface area contributed by atoms with Crippen molar-refractivity contribution in [2.75, 3.05) is 31.4 Å². The first-order valence-electron chi connectivity index (χ1n) is 13.4. The third-order valence-corrected chi connectivity index (χ3v) is 6.95. The predicted molar refractivity (Wildman–Crippen MR) is 154 cm³/mol. The van der Waals surface area contributed by atoms with Crippen LogP contribution in [0, 0.1) is 11.6 Å². The Hall–Kier alpha value is -4.73. The molecule has 212 valence electrons. The molecule has 2 aliphatic rings. The van der Waals surface area contributed by atoms with Crippen molar-refractivity contribution in [2.24, 2.45) is 0 Å². The minimum absolute atomic E-state index is 0.134. The highest BCUT2D eigenvalue weighted by Crippen LogP contribution is 2.36. The van der Waals surface area contributed by atoms with Crippen molar-refractivity contribution in [1.29, 1.82) is 0 Å². The fraction of sp³-hybridized carbons (Fsp3) is 0.258. The van der Waals surface area contributed by atoms with Crippen molar-refractivity contribution < 1.29 is 23.0 Å². The fourth-order valence-corrected chi connectivity index (χ4v) is 4.99. The smallest absolute Gasteiger partial charge is 0.260 e. The monoisotopic (exact) mass is 559 g/mol. The molecule has 41 heavy (non-hydrogen) atoms. The number of fused-ring (bicyclic) bond motifs is 2. The maximum Gasteiger partial charge on any atom is 0.260 e. The summed E-state index contributed by atoms with van der Waals surface area (Å²) in [6.45, 7) is 5.21. The van der Waals surface area contributed by atoms with E-state index in [9.17, 15) is 13.6 Å². The number of nitrogens with zero attached hydrogens (tertiary/aromatic N) is 3. The minimum Gasteiger partial charge on any atom is -0.497 e. The van der Waals surface area contributed by atoms with Gasteiger partial charge in [0.1, 0.15) is 34.5 Å². The molecule has 3 aromatic carbocycles. The molecule has 8 nitrogen and oxygen atoms in total. The van der Waals surface area contributed by atoms with Gasteiger partial charge in [0.2, 0.25) is 0 Å². The van der Waals surface area contributed by atoms with Crippen molar-refractivity contribution in [3.63, 3.8) is 0 Å². The third kappa shape index (κ3) is 5.37. The molecule has 10 heteroatoms. The number of hydrogen-bond acceptors (Lipinski definition) is 7. The molecule has 0 atom stereocenters. The first kappa shape index (κ1) is 27.8. The van der Waals surface area contributed by atoms with E-state index in [2.05, 4.69) is 20.6 Å². The number of aromatic nitrogens is 2. The Morgan fingerprint density at radius 3 is 2.49 bits per heavy atom. The van der Waals surface area contributed by atoms with E-state index < -0.39 is 11.6 Å². The summed E-state index contributed by atoms with van der Waals surface area (Å²) >= 11 is 0. The lowest BCUT2D eigenvalue weighted by molar-refractivity contribution is 0.0766. The summed E-state index contributed by atoms with van der Waals surface area (Å²) < 4.78 is 40.2. The van der Waals surface area contributed by atoms with E-state index in [1.807, 2.05) is 38.1 Å². The van der Waals surface area contributed by atoms with Gasteiger partial charge >= 0.3 is 0 Å². The van der Waals surface area contributed by atoms with Gasteiger partial charge in [0.25, 0.3) is 5.91 Å². The standard InChI is InChI=1S/C29H25F2N5O3.C2H6/c1-38-19-9-7-17(24(13-19)39-2)14-36-15-23-26(29(36)37)28(33-18-8-6-16-10-11-32-22(16)12-18)35-27(34-23)25-20(30)4-3-5-21(25)31;1-2/h3-9,12-13,32H,10-11,14-15H2,1-2H3,(H,33,34,35);1-2H3. The molecule has 0 aliphatic carbocycles. The highest BCUT2D eigenvalue weighted by molar-refractivity contribution is 6.03. The molecular weight excluding hydrogens is 528 g/mol. The zero-order chi connectivity index (χ0) is 29.1. The van der Waals surface area contributed by atoms with Crippen LogP contribution in [-0.2, 0) is 19.5 Å². The van der Waals surface area contributed by atoms with E-state index >= 15 is 0 Å². The molecule has 3 heterocycles. The van der Waals surface area contributed by atoms with Crippen LogP contribution < -0.4 is 20.1 Å². The van der Waals surface area contributed by atoms with Gasteiger partial charge in [0.15, 0.2) is 5.82 Å². The van der Waals surface area contributed by atoms with Gasteiger partial charge in [0, 0.05) is 29.5 Å². The molecule has 4 aromatic rings. The number of halogens is 2. The second kappa shape index (κ2) is 11.8. The second-order valence-corrected chi connectivity index (χ2v) is 9.33. The van der Waals surface area contributed by atoms with Gasteiger partial charge in [-0.3, -0.25) is 4.79 Å². The maximum absolute atomic E-state index is 14.7. The van der Waals surface area contributed by atoms with Crippen LogP contribution >= 0.6 is 0 Å². The summed E-state index contributed by atoms with van der Waals surface area (Å²) in [6.07, 6.45) is 0.928. The van der Waals surface area contributed by atoms with Crippen LogP contribution in [0.1, 0.15) is 41.0 Å². The molecule has 1 aromatic heterocycles. The Morgan fingerprint density at radius 1 is 0.976 bits per heavy atom. The van der Waals surface area contributed by atoms with E-state index in [1.54, 1.807) is 31.3 Å².